The first kappa shape index (κ1) is 14.6. The third-order valence-corrected chi connectivity index (χ3v) is 3.67. The van der Waals surface area contributed by atoms with Crippen LogP contribution in [0.25, 0.3) is 0 Å². The molecule has 1 unspecified atom stereocenters. The minimum atomic E-state index is -0.0114. The molecule has 2 aromatic carbocycles. The van der Waals surface area contributed by atoms with Gasteiger partial charge in [-0.2, -0.15) is 0 Å². The molecule has 0 aromatic heterocycles. The fourth-order valence-corrected chi connectivity index (χ4v) is 2.25. The lowest BCUT2D eigenvalue weighted by atomic mass is 9.98. The third kappa shape index (κ3) is 3.20. The van der Waals surface area contributed by atoms with E-state index in [-0.39, 0.29) is 6.61 Å². The van der Waals surface area contributed by atoms with Crippen molar-refractivity contribution < 1.29 is 9.84 Å². The van der Waals surface area contributed by atoms with E-state index in [0.717, 1.165) is 29.0 Å². The molecule has 0 radical (unpaired) electrons. The second-order valence-electron chi connectivity index (χ2n) is 5.22. The molecule has 0 aliphatic heterocycles. The predicted octanol–water partition coefficient (Wildman–Crippen LogP) is 4.79. The van der Waals surface area contributed by atoms with Crippen molar-refractivity contribution in [1.29, 1.82) is 0 Å². The predicted molar refractivity (Wildman–Crippen MR) is 82.3 cm³/mol. The van der Waals surface area contributed by atoms with Crippen molar-refractivity contribution >= 4 is 0 Å². The number of aryl methyl sites for hydroxylation is 1. The van der Waals surface area contributed by atoms with Crippen molar-refractivity contribution in [2.75, 3.05) is 0 Å². The van der Waals surface area contributed by atoms with Crippen LogP contribution in [-0.2, 0) is 6.61 Å². The summed E-state index contributed by atoms with van der Waals surface area (Å²) < 4.78 is 6.05. The van der Waals surface area contributed by atoms with Crippen molar-refractivity contribution in [3.05, 3.63) is 59.2 Å². The summed E-state index contributed by atoms with van der Waals surface area (Å²) in [6.45, 7) is 6.37. The van der Waals surface area contributed by atoms with E-state index in [1.165, 1.54) is 5.56 Å². The summed E-state index contributed by atoms with van der Waals surface area (Å²) in [5.74, 6) is 2.06. The van der Waals surface area contributed by atoms with Gasteiger partial charge in [-0.3, -0.25) is 0 Å². The van der Waals surface area contributed by atoms with Gasteiger partial charge < -0.3 is 9.84 Å². The Kier molecular flexibility index (Phi) is 4.80. The molecule has 2 nitrogen and oxygen atoms in total. The molecule has 0 saturated carbocycles. The number of ether oxygens (including phenoxy) is 1. The summed E-state index contributed by atoms with van der Waals surface area (Å²) in [7, 11) is 0. The van der Waals surface area contributed by atoms with Gasteiger partial charge >= 0.3 is 0 Å². The highest BCUT2D eigenvalue weighted by Gasteiger charge is 2.12. The molecule has 0 heterocycles. The second-order valence-corrected chi connectivity index (χ2v) is 5.22. The number of aliphatic hydroxyl groups excluding tert-OH is 1. The molecule has 1 N–H and O–H groups in total. The van der Waals surface area contributed by atoms with Crippen LogP contribution in [0.3, 0.4) is 0 Å². The maximum absolute atomic E-state index is 9.47. The number of benzene rings is 2. The lowest BCUT2D eigenvalue weighted by molar-refractivity contribution is 0.276. The highest BCUT2D eigenvalue weighted by Crippen LogP contribution is 2.33. The molecular formula is C18H22O2. The van der Waals surface area contributed by atoms with Crippen molar-refractivity contribution in [2.24, 2.45) is 0 Å². The van der Waals surface area contributed by atoms with E-state index in [0.29, 0.717) is 5.92 Å². The Morgan fingerprint density at radius 1 is 1.10 bits per heavy atom. The zero-order valence-electron chi connectivity index (χ0n) is 12.4. The minimum absolute atomic E-state index is 0.0114. The highest BCUT2D eigenvalue weighted by atomic mass is 16.5. The molecular weight excluding hydrogens is 248 g/mol. The van der Waals surface area contributed by atoms with Gasteiger partial charge in [-0.05, 0) is 37.0 Å². The monoisotopic (exact) mass is 270 g/mol. The summed E-state index contributed by atoms with van der Waals surface area (Å²) in [5.41, 5.74) is 3.15. The summed E-state index contributed by atoms with van der Waals surface area (Å²) >= 11 is 0. The van der Waals surface area contributed by atoms with E-state index in [1.54, 1.807) is 0 Å². The lowest BCUT2D eigenvalue weighted by Crippen LogP contribution is -1.98. The van der Waals surface area contributed by atoms with E-state index in [4.69, 9.17) is 4.74 Å². The molecule has 0 spiro atoms. The van der Waals surface area contributed by atoms with Crippen molar-refractivity contribution in [3.63, 3.8) is 0 Å². The molecule has 106 valence electrons. The fraction of sp³-hybridized carbons (Fsp3) is 0.333. The first-order valence-corrected chi connectivity index (χ1v) is 7.12. The van der Waals surface area contributed by atoms with Gasteiger partial charge in [0.1, 0.15) is 11.5 Å². The molecule has 0 fully saturated rings. The quantitative estimate of drug-likeness (QED) is 0.846. The zero-order chi connectivity index (χ0) is 14.5. The van der Waals surface area contributed by atoms with Crippen molar-refractivity contribution in [3.8, 4) is 11.5 Å². The SMILES string of the molecule is CCC(C)c1ccccc1Oc1ccc(C)cc1CO. The Bertz CT molecular complexity index is 575. The van der Waals surface area contributed by atoms with Crippen LogP contribution in [0.1, 0.15) is 42.9 Å². The van der Waals surface area contributed by atoms with Gasteiger partial charge in [-0.1, -0.05) is 49.7 Å². The van der Waals surface area contributed by atoms with E-state index < -0.39 is 0 Å². The van der Waals surface area contributed by atoms with E-state index >= 15 is 0 Å². The minimum Gasteiger partial charge on any atom is -0.457 e. The van der Waals surface area contributed by atoms with E-state index in [2.05, 4.69) is 19.9 Å². The molecule has 2 aromatic rings. The molecule has 2 heteroatoms. The molecule has 0 saturated heterocycles. The maximum atomic E-state index is 9.47. The third-order valence-electron chi connectivity index (χ3n) is 3.67. The summed E-state index contributed by atoms with van der Waals surface area (Å²) in [6.07, 6.45) is 1.07. The van der Waals surface area contributed by atoms with Crippen LogP contribution >= 0.6 is 0 Å². The van der Waals surface area contributed by atoms with Crippen molar-refractivity contribution in [1.82, 2.24) is 0 Å². The average Bonchev–Trinajstić information content (AvgIpc) is 2.48. The molecule has 0 aliphatic rings. The first-order chi connectivity index (χ1) is 9.65. The summed E-state index contributed by atoms with van der Waals surface area (Å²) in [5, 5.41) is 9.47. The topological polar surface area (TPSA) is 29.5 Å². The first-order valence-electron chi connectivity index (χ1n) is 7.12. The van der Waals surface area contributed by atoms with Crippen LogP contribution in [0.5, 0.6) is 11.5 Å². The number of hydrogen-bond donors (Lipinski definition) is 1. The van der Waals surface area contributed by atoms with Gasteiger partial charge in [0.05, 0.1) is 6.61 Å². The van der Waals surface area contributed by atoms with Crippen molar-refractivity contribution in [2.45, 2.75) is 39.7 Å². The smallest absolute Gasteiger partial charge is 0.132 e. The van der Waals surface area contributed by atoms with Gasteiger partial charge in [0, 0.05) is 5.56 Å². The Morgan fingerprint density at radius 3 is 2.55 bits per heavy atom. The molecule has 20 heavy (non-hydrogen) atoms. The van der Waals surface area contributed by atoms with Crippen LogP contribution in [-0.4, -0.2) is 5.11 Å². The summed E-state index contributed by atoms with van der Waals surface area (Å²) in [6, 6.07) is 14.0. The van der Waals surface area contributed by atoms with Gasteiger partial charge in [0.25, 0.3) is 0 Å². The van der Waals surface area contributed by atoms with Gasteiger partial charge in [0.2, 0.25) is 0 Å². The lowest BCUT2D eigenvalue weighted by Gasteiger charge is -2.17. The normalized spacial score (nSPS) is 12.2. The van der Waals surface area contributed by atoms with Crippen LogP contribution in [0.15, 0.2) is 42.5 Å². The van der Waals surface area contributed by atoms with Gasteiger partial charge in [-0.15, -0.1) is 0 Å². The standard InChI is InChI=1S/C18H22O2/c1-4-14(3)16-7-5-6-8-18(16)20-17-10-9-13(2)11-15(17)12-19/h5-11,14,19H,4,12H2,1-3H3. The number of rotatable bonds is 5. The maximum Gasteiger partial charge on any atom is 0.132 e. The Morgan fingerprint density at radius 2 is 1.85 bits per heavy atom. The number of aliphatic hydroxyl groups is 1. The van der Waals surface area contributed by atoms with E-state index in [9.17, 15) is 5.11 Å². The van der Waals surface area contributed by atoms with Gasteiger partial charge in [-0.25, -0.2) is 0 Å². The van der Waals surface area contributed by atoms with Crippen LogP contribution < -0.4 is 4.74 Å². The van der Waals surface area contributed by atoms with Crippen LogP contribution in [0.4, 0.5) is 0 Å². The average molecular weight is 270 g/mol. The van der Waals surface area contributed by atoms with Crippen LogP contribution in [0.2, 0.25) is 0 Å². The number of hydrogen-bond acceptors (Lipinski definition) is 2. The Hall–Kier alpha value is -1.80. The Labute approximate surface area is 121 Å². The van der Waals surface area contributed by atoms with Crippen LogP contribution in [0, 0.1) is 6.92 Å². The highest BCUT2D eigenvalue weighted by molar-refractivity contribution is 5.43. The second kappa shape index (κ2) is 6.58. The fourth-order valence-electron chi connectivity index (χ4n) is 2.25. The molecule has 1 atom stereocenters. The number of para-hydroxylation sites is 1. The largest absolute Gasteiger partial charge is 0.457 e. The van der Waals surface area contributed by atoms with Gasteiger partial charge in [0.15, 0.2) is 0 Å². The molecule has 0 aliphatic carbocycles. The summed E-state index contributed by atoms with van der Waals surface area (Å²) in [4.78, 5) is 0. The molecule has 0 amide bonds. The molecule has 0 bridgehead atoms. The molecule has 2 rings (SSSR count). The van der Waals surface area contributed by atoms with E-state index in [1.807, 2.05) is 43.3 Å². The Balaban J connectivity index is 2.35. The zero-order valence-corrected chi connectivity index (χ0v) is 12.4.